The minimum Gasteiger partial charge on any atom is -0.298 e. The highest BCUT2D eigenvalue weighted by molar-refractivity contribution is 9.09. The predicted octanol–water partition coefficient (Wildman–Crippen LogP) is 6.64. The Morgan fingerprint density at radius 3 is 2.56 bits per heavy atom. The second-order valence-electron chi connectivity index (χ2n) is 10.4. The quantitative estimate of drug-likeness (QED) is 0.478. The molecule has 1 nitrogen and oxygen atoms in total. The molecule has 0 aromatic heterocycles. The zero-order chi connectivity index (χ0) is 17.8. The summed E-state index contributed by atoms with van der Waals surface area (Å²) in [5.41, 5.74) is 0.948. The van der Waals surface area contributed by atoms with E-state index >= 15 is 0 Å². The fourth-order valence-electron chi connectivity index (χ4n) is 8.60. The molecule has 0 saturated heterocycles. The van der Waals surface area contributed by atoms with Crippen LogP contribution in [0.15, 0.2) is 0 Å². The molecule has 0 bridgehead atoms. The molecule has 4 aliphatic rings. The van der Waals surface area contributed by atoms with Gasteiger partial charge in [-0.2, -0.15) is 0 Å². The lowest BCUT2D eigenvalue weighted by Crippen LogP contribution is -2.54. The minimum atomic E-state index is 0.301. The van der Waals surface area contributed by atoms with Gasteiger partial charge in [-0.25, -0.2) is 0 Å². The zero-order valence-electron chi connectivity index (χ0n) is 16.5. The number of ketones is 1. The molecule has 0 amide bonds. The fraction of sp³-hybridized carbons (Fsp3) is 0.957. The highest BCUT2D eigenvalue weighted by Crippen LogP contribution is 2.68. The van der Waals surface area contributed by atoms with Gasteiger partial charge in [0.15, 0.2) is 0 Å². The normalized spacial score (nSPS) is 52.2. The summed E-state index contributed by atoms with van der Waals surface area (Å²) in [6, 6.07) is 0. The standard InChI is InChI=1S/C23H37BrO/c1-4-23-12-9-15(2)13-16(23)5-6-17-18-7-8-20(21(25)14-24)22(18,3)11-10-19(17)23/h15-20H,4-14H2,1-3H3. The minimum absolute atomic E-state index is 0.301. The lowest BCUT2D eigenvalue weighted by Gasteiger charge is -2.62. The Labute approximate surface area is 163 Å². The Kier molecular flexibility index (Phi) is 4.92. The molecule has 2 heteroatoms. The second-order valence-corrected chi connectivity index (χ2v) is 11.0. The van der Waals surface area contributed by atoms with Crippen LogP contribution in [0.1, 0.15) is 85.0 Å². The Bertz CT molecular complexity index is 530. The van der Waals surface area contributed by atoms with Crippen molar-refractivity contribution in [2.75, 3.05) is 5.33 Å². The summed E-state index contributed by atoms with van der Waals surface area (Å²) in [6.45, 7) is 7.46. The van der Waals surface area contributed by atoms with Gasteiger partial charge in [0.2, 0.25) is 0 Å². The molecule has 8 unspecified atom stereocenters. The number of hydrogen-bond acceptors (Lipinski definition) is 1. The zero-order valence-corrected chi connectivity index (χ0v) is 18.1. The molecule has 8 atom stereocenters. The highest BCUT2D eigenvalue weighted by Gasteiger charge is 2.61. The molecule has 0 N–H and O–H groups in total. The van der Waals surface area contributed by atoms with Crippen molar-refractivity contribution in [2.45, 2.75) is 85.0 Å². The highest BCUT2D eigenvalue weighted by atomic mass is 79.9. The van der Waals surface area contributed by atoms with Crippen molar-refractivity contribution < 1.29 is 4.79 Å². The van der Waals surface area contributed by atoms with E-state index in [9.17, 15) is 4.79 Å². The maximum absolute atomic E-state index is 12.6. The van der Waals surface area contributed by atoms with E-state index in [1.807, 2.05) is 0 Å². The molecule has 4 saturated carbocycles. The molecular weight excluding hydrogens is 372 g/mol. The summed E-state index contributed by atoms with van der Waals surface area (Å²) >= 11 is 3.46. The lowest BCUT2D eigenvalue weighted by molar-refractivity contribution is -0.138. The van der Waals surface area contributed by atoms with E-state index in [4.69, 9.17) is 0 Å². The van der Waals surface area contributed by atoms with Crippen molar-refractivity contribution in [3.8, 4) is 0 Å². The van der Waals surface area contributed by atoms with E-state index in [0.29, 0.717) is 27.9 Å². The van der Waals surface area contributed by atoms with Gasteiger partial charge in [-0.05, 0) is 98.2 Å². The van der Waals surface area contributed by atoms with Crippen LogP contribution in [-0.2, 0) is 4.79 Å². The van der Waals surface area contributed by atoms with E-state index in [-0.39, 0.29) is 0 Å². The van der Waals surface area contributed by atoms with Gasteiger partial charge >= 0.3 is 0 Å². The van der Waals surface area contributed by atoms with Gasteiger partial charge in [-0.1, -0.05) is 43.1 Å². The average molecular weight is 409 g/mol. The summed E-state index contributed by atoms with van der Waals surface area (Å²) in [7, 11) is 0. The molecule has 0 aromatic rings. The van der Waals surface area contributed by atoms with Crippen molar-refractivity contribution in [1.82, 2.24) is 0 Å². The summed E-state index contributed by atoms with van der Waals surface area (Å²) in [5.74, 6) is 5.45. The van der Waals surface area contributed by atoms with Crippen molar-refractivity contribution in [1.29, 1.82) is 0 Å². The summed E-state index contributed by atoms with van der Waals surface area (Å²) in [5, 5.41) is 0.562. The van der Waals surface area contributed by atoms with Crippen molar-refractivity contribution in [3.05, 3.63) is 0 Å². The Morgan fingerprint density at radius 1 is 1.04 bits per heavy atom. The number of rotatable bonds is 3. The second kappa shape index (κ2) is 6.64. The SMILES string of the molecule is CCC12CCC(C)CC1CCC1C3CCC(C(=O)CBr)C3(C)CCC12. The first-order valence-corrected chi connectivity index (χ1v) is 12.2. The average Bonchev–Trinajstić information content (AvgIpc) is 2.98. The number of fused-ring (bicyclic) bond motifs is 5. The van der Waals surface area contributed by atoms with Crippen LogP contribution >= 0.6 is 15.9 Å². The summed E-state index contributed by atoms with van der Waals surface area (Å²) in [6.07, 6.45) is 14.0. The van der Waals surface area contributed by atoms with Gasteiger partial charge in [-0.3, -0.25) is 4.79 Å². The Hall–Kier alpha value is 0.150. The predicted molar refractivity (Wildman–Crippen MR) is 108 cm³/mol. The van der Waals surface area contributed by atoms with Crippen molar-refractivity contribution in [2.24, 2.45) is 46.3 Å². The molecule has 4 aliphatic carbocycles. The molecule has 4 fully saturated rings. The van der Waals surface area contributed by atoms with Gasteiger partial charge in [0.25, 0.3) is 0 Å². The van der Waals surface area contributed by atoms with E-state index < -0.39 is 0 Å². The number of carbonyl (C=O) groups excluding carboxylic acids is 1. The number of hydrogen-bond donors (Lipinski definition) is 0. The number of halogens is 1. The van der Waals surface area contributed by atoms with Crippen LogP contribution in [-0.4, -0.2) is 11.1 Å². The van der Waals surface area contributed by atoms with Crippen LogP contribution in [0.2, 0.25) is 0 Å². The van der Waals surface area contributed by atoms with Crippen LogP contribution in [0.25, 0.3) is 0 Å². The smallest absolute Gasteiger partial charge is 0.147 e. The van der Waals surface area contributed by atoms with E-state index in [1.165, 1.54) is 57.8 Å². The maximum Gasteiger partial charge on any atom is 0.147 e. The summed E-state index contributed by atoms with van der Waals surface area (Å²) in [4.78, 5) is 12.6. The molecule has 25 heavy (non-hydrogen) atoms. The maximum atomic E-state index is 12.6. The third-order valence-corrected chi connectivity index (χ3v) is 10.4. The summed E-state index contributed by atoms with van der Waals surface area (Å²) < 4.78 is 0. The van der Waals surface area contributed by atoms with E-state index in [2.05, 4.69) is 36.7 Å². The first kappa shape index (κ1) is 18.5. The first-order valence-electron chi connectivity index (χ1n) is 11.0. The third kappa shape index (κ3) is 2.63. The molecule has 0 heterocycles. The third-order valence-electron chi connectivity index (χ3n) is 9.81. The van der Waals surface area contributed by atoms with Gasteiger partial charge < -0.3 is 0 Å². The lowest BCUT2D eigenvalue weighted by atomic mass is 9.43. The number of carbonyl (C=O) groups is 1. The van der Waals surface area contributed by atoms with Crippen LogP contribution in [0.3, 0.4) is 0 Å². The van der Waals surface area contributed by atoms with E-state index in [1.54, 1.807) is 0 Å². The van der Waals surface area contributed by atoms with Gasteiger partial charge in [0.1, 0.15) is 5.78 Å². The van der Waals surface area contributed by atoms with Crippen LogP contribution in [0.4, 0.5) is 0 Å². The monoisotopic (exact) mass is 408 g/mol. The number of Topliss-reactive ketones (excluding diaryl/α,β-unsaturated/α-hetero) is 1. The van der Waals surface area contributed by atoms with Crippen LogP contribution in [0, 0.1) is 46.3 Å². The molecule has 0 aromatic carbocycles. The van der Waals surface area contributed by atoms with Gasteiger partial charge in [-0.15, -0.1) is 0 Å². The molecule has 142 valence electrons. The topological polar surface area (TPSA) is 17.1 Å². The first-order chi connectivity index (χ1) is 12.0. The fourth-order valence-corrected chi connectivity index (χ4v) is 8.99. The van der Waals surface area contributed by atoms with Crippen LogP contribution in [0.5, 0.6) is 0 Å². The van der Waals surface area contributed by atoms with Gasteiger partial charge in [0.05, 0.1) is 5.33 Å². The Balaban J connectivity index is 1.62. The molecule has 4 rings (SSSR count). The van der Waals surface area contributed by atoms with E-state index in [0.717, 1.165) is 36.0 Å². The van der Waals surface area contributed by atoms with Gasteiger partial charge in [0, 0.05) is 5.92 Å². The molecule has 0 aliphatic heterocycles. The molecular formula is C23H37BrO. The van der Waals surface area contributed by atoms with Crippen molar-refractivity contribution in [3.63, 3.8) is 0 Å². The molecule has 0 radical (unpaired) electrons. The number of alkyl halides is 1. The molecule has 0 spiro atoms. The van der Waals surface area contributed by atoms with Crippen LogP contribution < -0.4 is 0 Å². The Morgan fingerprint density at radius 2 is 1.84 bits per heavy atom. The van der Waals surface area contributed by atoms with Crippen molar-refractivity contribution >= 4 is 21.7 Å². The largest absolute Gasteiger partial charge is 0.298 e.